The summed E-state index contributed by atoms with van der Waals surface area (Å²) < 4.78 is 44.8. The van der Waals surface area contributed by atoms with Crippen molar-refractivity contribution in [1.82, 2.24) is 14.7 Å². The van der Waals surface area contributed by atoms with Crippen molar-refractivity contribution in [2.24, 2.45) is 0 Å². The van der Waals surface area contributed by atoms with Gasteiger partial charge in [-0.1, -0.05) is 0 Å². The fraction of sp³-hybridized carbons (Fsp3) is 0.471. The molecule has 3 heterocycles. The molecule has 0 radical (unpaired) electrons. The van der Waals surface area contributed by atoms with E-state index in [1.54, 1.807) is 30.2 Å². The number of thiophene rings is 1. The highest BCUT2D eigenvalue weighted by Gasteiger charge is 2.36. The van der Waals surface area contributed by atoms with E-state index < -0.39 is 18.8 Å². The number of halogens is 3. The van der Waals surface area contributed by atoms with Gasteiger partial charge in [0.05, 0.1) is 30.5 Å². The van der Waals surface area contributed by atoms with Crippen molar-refractivity contribution in [3.63, 3.8) is 0 Å². The molecular formula is C17H17F3N4O2S. The van der Waals surface area contributed by atoms with Crippen molar-refractivity contribution in [3.8, 4) is 6.07 Å². The maximum atomic E-state index is 13.0. The van der Waals surface area contributed by atoms with Crippen LogP contribution in [0.15, 0.2) is 11.4 Å². The van der Waals surface area contributed by atoms with E-state index in [9.17, 15) is 23.2 Å². The number of alkyl halides is 3. The zero-order valence-corrected chi connectivity index (χ0v) is 15.5. The SMILES string of the molecule is Cc1nn(CC(F)(F)F)c(C)c1C1COCCN1C(=O)c1sccc1C#N. The van der Waals surface area contributed by atoms with Crippen LogP contribution in [0.1, 0.15) is 38.2 Å². The molecule has 0 bridgehead atoms. The Labute approximate surface area is 157 Å². The fourth-order valence-corrected chi connectivity index (χ4v) is 4.09. The summed E-state index contributed by atoms with van der Waals surface area (Å²) >= 11 is 1.17. The molecule has 27 heavy (non-hydrogen) atoms. The van der Waals surface area contributed by atoms with Gasteiger partial charge in [-0.05, 0) is 25.3 Å². The van der Waals surface area contributed by atoms with Gasteiger partial charge in [-0.3, -0.25) is 9.48 Å². The van der Waals surface area contributed by atoms with E-state index in [0.29, 0.717) is 28.4 Å². The maximum absolute atomic E-state index is 13.0. The van der Waals surface area contributed by atoms with Gasteiger partial charge in [0.25, 0.3) is 5.91 Å². The minimum Gasteiger partial charge on any atom is -0.377 e. The first kappa shape index (κ1) is 19.4. The topological polar surface area (TPSA) is 71.2 Å². The van der Waals surface area contributed by atoms with E-state index in [0.717, 1.165) is 4.68 Å². The Bertz CT molecular complexity index is 897. The molecule has 6 nitrogen and oxygen atoms in total. The average molecular weight is 398 g/mol. The number of hydrogen-bond donors (Lipinski definition) is 0. The Morgan fingerprint density at radius 1 is 1.48 bits per heavy atom. The number of carbonyl (C=O) groups excluding carboxylic acids is 1. The Hall–Kier alpha value is -2.38. The van der Waals surface area contributed by atoms with Crippen LogP contribution in [0.2, 0.25) is 0 Å². The quantitative estimate of drug-likeness (QED) is 0.796. The van der Waals surface area contributed by atoms with Gasteiger partial charge < -0.3 is 9.64 Å². The van der Waals surface area contributed by atoms with Gasteiger partial charge in [0, 0.05) is 17.8 Å². The Morgan fingerprint density at radius 2 is 2.22 bits per heavy atom. The van der Waals surface area contributed by atoms with E-state index in [-0.39, 0.29) is 24.6 Å². The van der Waals surface area contributed by atoms with Gasteiger partial charge in [-0.15, -0.1) is 11.3 Å². The zero-order chi connectivity index (χ0) is 19.8. The fourth-order valence-electron chi connectivity index (χ4n) is 3.30. The lowest BCUT2D eigenvalue weighted by Gasteiger charge is -2.36. The highest BCUT2D eigenvalue weighted by molar-refractivity contribution is 7.12. The van der Waals surface area contributed by atoms with Gasteiger partial charge in [-0.25, -0.2) is 0 Å². The molecule has 1 aliphatic rings. The standard InChI is InChI=1S/C17H17F3N4O2S/c1-10-14(11(2)24(22-10)9-17(18,19)20)13-8-26-5-4-23(13)16(25)15-12(7-21)3-6-27-15/h3,6,13H,4-5,8-9H2,1-2H3. The first-order chi connectivity index (χ1) is 12.7. The molecule has 2 aromatic rings. The molecule has 0 N–H and O–H groups in total. The molecule has 1 unspecified atom stereocenters. The highest BCUT2D eigenvalue weighted by Crippen LogP contribution is 2.33. The number of aromatic nitrogens is 2. The van der Waals surface area contributed by atoms with Crippen molar-refractivity contribution < 1.29 is 22.7 Å². The van der Waals surface area contributed by atoms with E-state index in [2.05, 4.69) is 5.10 Å². The largest absolute Gasteiger partial charge is 0.408 e. The summed E-state index contributed by atoms with van der Waals surface area (Å²) in [5, 5.41) is 14.9. The Balaban J connectivity index is 1.97. The van der Waals surface area contributed by atoms with Crippen LogP contribution in [0.25, 0.3) is 0 Å². The van der Waals surface area contributed by atoms with Crippen LogP contribution in [-0.4, -0.2) is 46.5 Å². The Morgan fingerprint density at radius 3 is 2.89 bits per heavy atom. The molecule has 1 fully saturated rings. The van der Waals surface area contributed by atoms with Crippen molar-refractivity contribution in [2.75, 3.05) is 19.8 Å². The highest BCUT2D eigenvalue weighted by atomic mass is 32.1. The summed E-state index contributed by atoms with van der Waals surface area (Å²) in [5.41, 5.74) is 1.63. The van der Waals surface area contributed by atoms with Crippen molar-refractivity contribution >= 4 is 17.2 Å². The Kier molecular flexibility index (Phi) is 5.26. The molecule has 0 aromatic carbocycles. The number of rotatable bonds is 3. The molecule has 1 amide bonds. The van der Waals surface area contributed by atoms with Crippen LogP contribution in [-0.2, 0) is 11.3 Å². The van der Waals surface area contributed by atoms with E-state index in [1.807, 2.05) is 6.07 Å². The number of nitrogens with zero attached hydrogens (tertiary/aromatic N) is 4. The lowest BCUT2D eigenvalue weighted by atomic mass is 10.0. The number of nitriles is 1. The van der Waals surface area contributed by atoms with Crippen LogP contribution in [0.5, 0.6) is 0 Å². The van der Waals surface area contributed by atoms with Crippen LogP contribution in [0, 0.1) is 25.2 Å². The average Bonchev–Trinajstić information content (AvgIpc) is 3.18. The van der Waals surface area contributed by atoms with Crippen LogP contribution in [0.3, 0.4) is 0 Å². The van der Waals surface area contributed by atoms with E-state index >= 15 is 0 Å². The summed E-state index contributed by atoms with van der Waals surface area (Å²) in [7, 11) is 0. The molecule has 1 aliphatic heterocycles. The monoisotopic (exact) mass is 398 g/mol. The molecule has 3 rings (SSSR count). The van der Waals surface area contributed by atoms with Crippen molar-refractivity contribution in [2.45, 2.75) is 32.6 Å². The van der Waals surface area contributed by atoms with Crippen LogP contribution < -0.4 is 0 Å². The third kappa shape index (κ3) is 3.84. The van der Waals surface area contributed by atoms with Gasteiger partial charge >= 0.3 is 6.18 Å². The van der Waals surface area contributed by atoms with Gasteiger partial charge in [-0.2, -0.15) is 23.5 Å². The summed E-state index contributed by atoms with van der Waals surface area (Å²) in [5.74, 6) is -0.322. The minimum atomic E-state index is -4.39. The first-order valence-electron chi connectivity index (χ1n) is 8.20. The van der Waals surface area contributed by atoms with Crippen LogP contribution in [0.4, 0.5) is 13.2 Å². The molecule has 0 spiro atoms. The second-order valence-corrected chi connectivity index (χ2v) is 7.14. The van der Waals surface area contributed by atoms with E-state index in [4.69, 9.17) is 4.74 Å². The summed E-state index contributed by atoms with van der Waals surface area (Å²) in [6.45, 7) is 2.77. The predicted octanol–water partition coefficient (Wildman–Crippen LogP) is 3.21. The number of amides is 1. The second-order valence-electron chi connectivity index (χ2n) is 6.22. The van der Waals surface area contributed by atoms with Crippen molar-refractivity contribution in [3.05, 3.63) is 38.8 Å². The van der Waals surface area contributed by atoms with Gasteiger partial charge in [0.15, 0.2) is 0 Å². The lowest BCUT2D eigenvalue weighted by Crippen LogP contribution is -2.43. The number of morpholine rings is 1. The van der Waals surface area contributed by atoms with Gasteiger partial charge in [0.2, 0.25) is 0 Å². The van der Waals surface area contributed by atoms with Crippen LogP contribution >= 0.6 is 11.3 Å². The molecular weight excluding hydrogens is 381 g/mol. The second kappa shape index (κ2) is 7.32. The van der Waals surface area contributed by atoms with E-state index in [1.165, 1.54) is 11.3 Å². The smallest absolute Gasteiger partial charge is 0.377 e. The minimum absolute atomic E-state index is 0.165. The molecule has 1 atom stereocenters. The summed E-state index contributed by atoms with van der Waals surface area (Å²) in [6, 6.07) is 3.01. The lowest BCUT2D eigenvalue weighted by molar-refractivity contribution is -0.143. The molecule has 1 saturated heterocycles. The third-order valence-electron chi connectivity index (χ3n) is 4.47. The molecule has 0 aliphatic carbocycles. The normalized spacial score (nSPS) is 17.8. The number of aryl methyl sites for hydroxylation is 1. The number of hydrogen-bond acceptors (Lipinski definition) is 5. The third-order valence-corrected chi connectivity index (χ3v) is 5.37. The summed E-state index contributed by atoms with van der Waals surface area (Å²) in [4.78, 5) is 14.9. The predicted molar refractivity (Wildman–Crippen MR) is 91.4 cm³/mol. The molecule has 10 heteroatoms. The number of carbonyl (C=O) groups is 1. The van der Waals surface area contributed by atoms with Crippen molar-refractivity contribution in [1.29, 1.82) is 5.26 Å². The zero-order valence-electron chi connectivity index (χ0n) is 14.7. The summed E-state index contributed by atoms with van der Waals surface area (Å²) in [6.07, 6.45) is -4.39. The molecule has 2 aromatic heterocycles. The first-order valence-corrected chi connectivity index (χ1v) is 9.08. The molecule has 144 valence electrons. The molecule has 0 saturated carbocycles. The van der Waals surface area contributed by atoms with Gasteiger partial charge in [0.1, 0.15) is 17.5 Å². The maximum Gasteiger partial charge on any atom is 0.408 e. The number of ether oxygens (including phenoxy) is 1.